The number of ether oxygens (including phenoxy) is 2. The van der Waals surface area contributed by atoms with Gasteiger partial charge in [0.25, 0.3) is 0 Å². The molecule has 2 atom stereocenters. The Balaban J connectivity index is 1.31. The largest absolute Gasteiger partial charge is 0.493 e. The lowest BCUT2D eigenvalue weighted by molar-refractivity contribution is -0.153. The fourth-order valence-electron chi connectivity index (χ4n) is 3.75. The number of aliphatic carboxylic acids is 1. The highest BCUT2D eigenvalue weighted by Crippen LogP contribution is 2.34. The van der Waals surface area contributed by atoms with Crippen LogP contribution in [0.15, 0.2) is 71.1 Å². The minimum Gasteiger partial charge on any atom is -0.493 e. The van der Waals surface area contributed by atoms with Gasteiger partial charge >= 0.3 is 5.97 Å². The van der Waals surface area contributed by atoms with Gasteiger partial charge in [-0.1, -0.05) is 49.4 Å². The van der Waals surface area contributed by atoms with Gasteiger partial charge in [-0.25, -0.2) is 9.78 Å². The second-order valence-corrected chi connectivity index (χ2v) is 9.76. The van der Waals surface area contributed by atoms with E-state index < -0.39 is 12.1 Å². The monoisotopic (exact) mass is 505 g/mol. The van der Waals surface area contributed by atoms with Crippen LogP contribution in [0.3, 0.4) is 0 Å². The molecule has 2 aromatic carbocycles. The second-order valence-electron chi connectivity index (χ2n) is 8.68. The van der Waals surface area contributed by atoms with E-state index in [0.29, 0.717) is 25.3 Å². The minimum atomic E-state index is -0.947. The number of rotatable bonds is 12. The Bertz CT molecular complexity index is 1260. The van der Waals surface area contributed by atoms with E-state index in [1.807, 2.05) is 69.3 Å². The van der Waals surface area contributed by atoms with Gasteiger partial charge in [0, 0.05) is 17.7 Å². The Kier molecular flexibility index (Phi) is 8.57. The molecule has 4 rings (SSSR count). The zero-order chi connectivity index (χ0) is 25.5. The molecular weight excluding hydrogens is 474 g/mol. The third-order valence-electron chi connectivity index (χ3n) is 5.97. The Labute approximate surface area is 215 Å². The minimum absolute atomic E-state index is 0.0973. The summed E-state index contributed by atoms with van der Waals surface area (Å²) >= 11 is 1.66. The summed E-state index contributed by atoms with van der Waals surface area (Å²) in [5.41, 5.74) is 2.95. The lowest BCUT2D eigenvalue weighted by atomic mass is 10.1. The quantitative estimate of drug-likeness (QED) is 0.228. The maximum atomic E-state index is 11.5. The van der Waals surface area contributed by atoms with Crippen LogP contribution >= 0.6 is 11.3 Å². The molecule has 188 valence electrons. The van der Waals surface area contributed by atoms with E-state index in [0.717, 1.165) is 34.1 Å². The number of aromatic nitrogens is 1. The van der Waals surface area contributed by atoms with Crippen LogP contribution in [0.25, 0.3) is 21.2 Å². The normalized spacial score (nSPS) is 12.9. The average Bonchev–Trinajstić information content (AvgIpc) is 3.52. The van der Waals surface area contributed by atoms with Gasteiger partial charge in [0.15, 0.2) is 6.10 Å². The number of thiophene rings is 1. The summed E-state index contributed by atoms with van der Waals surface area (Å²) in [5, 5.41) is 9.45. The van der Waals surface area contributed by atoms with E-state index in [-0.39, 0.29) is 6.10 Å². The molecule has 0 bridgehead atoms. The van der Waals surface area contributed by atoms with Gasteiger partial charge in [-0.2, -0.15) is 0 Å². The van der Waals surface area contributed by atoms with Crippen molar-refractivity contribution in [2.24, 2.45) is 0 Å². The maximum Gasteiger partial charge on any atom is 0.333 e. The third kappa shape index (κ3) is 6.62. The van der Waals surface area contributed by atoms with Gasteiger partial charge in [-0.15, -0.1) is 11.3 Å². The standard InChI is InChI=1S/C29H31NO5S/c1-4-19(2)34-25(29(31)32)18-21-10-12-23(13-11-21)33-17-16-24-20(3)35-28(30-24)27-15-14-26(36-27)22-8-6-5-7-9-22/h5-15,19,25H,4,16-18H2,1-3H3,(H,31,32). The topological polar surface area (TPSA) is 81.8 Å². The fourth-order valence-corrected chi connectivity index (χ4v) is 4.69. The summed E-state index contributed by atoms with van der Waals surface area (Å²) in [4.78, 5) is 18.4. The first kappa shape index (κ1) is 25.7. The van der Waals surface area contributed by atoms with Gasteiger partial charge in [0.2, 0.25) is 5.89 Å². The van der Waals surface area contributed by atoms with E-state index in [1.54, 1.807) is 11.3 Å². The molecular formula is C29H31NO5S. The summed E-state index contributed by atoms with van der Waals surface area (Å²) in [6.45, 7) is 6.24. The van der Waals surface area contributed by atoms with Crippen molar-refractivity contribution in [1.82, 2.24) is 4.98 Å². The number of carboxylic acids is 1. The van der Waals surface area contributed by atoms with Crippen LogP contribution in [0.4, 0.5) is 0 Å². The maximum absolute atomic E-state index is 11.5. The molecule has 0 amide bonds. The molecule has 0 spiro atoms. The number of carbonyl (C=O) groups is 1. The summed E-state index contributed by atoms with van der Waals surface area (Å²) in [5.74, 6) is 1.20. The molecule has 4 aromatic rings. The second kappa shape index (κ2) is 12.0. The first-order valence-corrected chi connectivity index (χ1v) is 13.0. The lowest BCUT2D eigenvalue weighted by Gasteiger charge is -2.18. The van der Waals surface area contributed by atoms with Crippen molar-refractivity contribution in [2.75, 3.05) is 6.61 Å². The number of benzene rings is 2. The average molecular weight is 506 g/mol. The number of oxazole rings is 1. The molecule has 6 nitrogen and oxygen atoms in total. The van der Waals surface area contributed by atoms with Gasteiger partial charge in [-0.3, -0.25) is 0 Å². The van der Waals surface area contributed by atoms with E-state index in [4.69, 9.17) is 18.9 Å². The molecule has 0 radical (unpaired) electrons. The van der Waals surface area contributed by atoms with Crippen molar-refractivity contribution >= 4 is 17.3 Å². The molecule has 0 saturated carbocycles. The summed E-state index contributed by atoms with van der Waals surface area (Å²) in [7, 11) is 0. The highest BCUT2D eigenvalue weighted by molar-refractivity contribution is 7.18. The van der Waals surface area contributed by atoms with Crippen LogP contribution in [0.1, 0.15) is 37.3 Å². The first-order valence-electron chi connectivity index (χ1n) is 12.1. The van der Waals surface area contributed by atoms with Crippen molar-refractivity contribution in [3.63, 3.8) is 0 Å². The van der Waals surface area contributed by atoms with Gasteiger partial charge < -0.3 is 19.0 Å². The smallest absolute Gasteiger partial charge is 0.333 e. The first-order chi connectivity index (χ1) is 17.4. The molecule has 2 aromatic heterocycles. The number of carboxylic acid groups (broad SMARTS) is 1. The molecule has 7 heteroatoms. The molecule has 1 N–H and O–H groups in total. The molecule has 0 saturated heterocycles. The zero-order valence-electron chi connectivity index (χ0n) is 20.8. The van der Waals surface area contributed by atoms with Gasteiger partial charge in [0.1, 0.15) is 11.5 Å². The number of aryl methyl sites for hydroxylation is 1. The highest BCUT2D eigenvalue weighted by atomic mass is 32.1. The number of hydrogen-bond donors (Lipinski definition) is 1. The van der Waals surface area contributed by atoms with Crippen LogP contribution in [0.5, 0.6) is 5.75 Å². The van der Waals surface area contributed by atoms with Crippen molar-refractivity contribution in [2.45, 2.75) is 52.2 Å². The third-order valence-corrected chi connectivity index (χ3v) is 7.09. The summed E-state index contributed by atoms with van der Waals surface area (Å²) in [6.07, 6.45) is 0.751. The molecule has 2 heterocycles. The molecule has 0 aliphatic carbocycles. The van der Waals surface area contributed by atoms with E-state index in [2.05, 4.69) is 18.2 Å². The van der Waals surface area contributed by atoms with Crippen molar-refractivity contribution in [1.29, 1.82) is 0 Å². The predicted octanol–water partition coefficient (Wildman–Crippen LogP) is 6.81. The van der Waals surface area contributed by atoms with Crippen LogP contribution in [0, 0.1) is 6.92 Å². The van der Waals surface area contributed by atoms with Crippen molar-refractivity contribution < 1.29 is 23.8 Å². The Hall–Kier alpha value is -3.42. The summed E-state index contributed by atoms with van der Waals surface area (Å²) in [6, 6.07) is 21.9. The Morgan fingerprint density at radius 2 is 1.78 bits per heavy atom. The molecule has 0 aliphatic heterocycles. The lowest BCUT2D eigenvalue weighted by Crippen LogP contribution is -2.30. The molecule has 36 heavy (non-hydrogen) atoms. The number of hydrogen-bond acceptors (Lipinski definition) is 6. The Morgan fingerprint density at radius 3 is 2.47 bits per heavy atom. The van der Waals surface area contributed by atoms with Crippen LogP contribution in [0.2, 0.25) is 0 Å². The predicted molar refractivity (Wildman–Crippen MR) is 142 cm³/mol. The molecule has 0 aliphatic rings. The van der Waals surface area contributed by atoms with Gasteiger partial charge in [-0.05, 0) is 55.7 Å². The summed E-state index contributed by atoms with van der Waals surface area (Å²) < 4.78 is 17.5. The molecule has 2 unspecified atom stereocenters. The van der Waals surface area contributed by atoms with E-state index in [1.165, 1.54) is 10.4 Å². The molecule has 0 fully saturated rings. The van der Waals surface area contributed by atoms with Crippen LogP contribution < -0.4 is 4.74 Å². The fraction of sp³-hybridized carbons (Fsp3) is 0.310. The Morgan fingerprint density at radius 1 is 1.06 bits per heavy atom. The zero-order valence-corrected chi connectivity index (χ0v) is 21.6. The van der Waals surface area contributed by atoms with Crippen molar-refractivity contribution in [3.8, 4) is 27.0 Å². The van der Waals surface area contributed by atoms with Crippen LogP contribution in [-0.2, 0) is 22.4 Å². The van der Waals surface area contributed by atoms with E-state index in [9.17, 15) is 9.90 Å². The highest BCUT2D eigenvalue weighted by Gasteiger charge is 2.21. The van der Waals surface area contributed by atoms with E-state index >= 15 is 0 Å². The van der Waals surface area contributed by atoms with Crippen molar-refractivity contribution in [3.05, 3.63) is 83.7 Å². The number of nitrogens with zero attached hydrogens (tertiary/aromatic N) is 1. The SMILES string of the molecule is CCC(C)OC(Cc1ccc(OCCc2nc(-c3ccc(-c4ccccc4)s3)oc2C)cc1)C(=O)O. The van der Waals surface area contributed by atoms with Crippen LogP contribution in [-0.4, -0.2) is 34.9 Å². The van der Waals surface area contributed by atoms with Gasteiger partial charge in [0.05, 0.1) is 23.3 Å².